The molecule has 1 N–H and O–H groups in total. The maximum Gasteiger partial charge on any atom is 0.345 e. The third kappa shape index (κ3) is 5.17. The van der Waals surface area contributed by atoms with E-state index >= 15 is 0 Å². The van der Waals surface area contributed by atoms with E-state index in [9.17, 15) is 19.5 Å². The van der Waals surface area contributed by atoms with E-state index in [-0.39, 0.29) is 41.5 Å². The SMILES string of the molecule is CC(=O)OCC1(C)C2C[C@H](OC(=O)c3ccccc3I)[C@@]3(C)Oc4cc(-c5cccnc5)oc(=O)c4[C@H](O)C3[C@@]2(C)CC[C@@H]1C. The van der Waals surface area contributed by atoms with Crippen molar-refractivity contribution in [2.24, 2.45) is 28.6 Å². The molecule has 0 amide bonds. The molecule has 2 aliphatic carbocycles. The number of pyridine rings is 1. The van der Waals surface area contributed by atoms with Crippen LogP contribution in [0.25, 0.3) is 11.3 Å². The largest absolute Gasteiger partial charge is 0.482 e. The normalized spacial score (nSPS) is 33.5. The molecule has 6 rings (SSSR count). The van der Waals surface area contributed by atoms with E-state index < -0.39 is 46.2 Å². The molecule has 2 saturated carbocycles. The van der Waals surface area contributed by atoms with Crippen LogP contribution in [0.1, 0.15) is 75.9 Å². The summed E-state index contributed by atoms with van der Waals surface area (Å²) in [6, 6.07) is 12.3. The van der Waals surface area contributed by atoms with Crippen molar-refractivity contribution >= 4 is 34.5 Å². The number of rotatable bonds is 5. The molecule has 3 unspecified atom stereocenters. The van der Waals surface area contributed by atoms with E-state index in [0.29, 0.717) is 17.5 Å². The number of benzene rings is 1. The fraction of sp³-hybridized carbons (Fsp3) is 0.486. The first-order valence-electron chi connectivity index (χ1n) is 15.3. The van der Waals surface area contributed by atoms with Crippen molar-refractivity contribution in [3.05, 3.63) is 80.0 Å². The van der Waals surface area contributed by atoms with Crippen molar-refractivity contribution in [3.8, 4) is 17.1 Å². The zero-order chi connectivity index (χ0) is 32.3. The summed E-state index contributed by atoms with van der Waals surface area (Å²) in [4.78, 5) is 43.5. The van der Waals surface area contributed by atoms with Gasteiger partial charge in [0.25, 0.3) is 0 Å². The van der Waals surface area contributed by atoms with Crippen LogP contribution < -0.4 is 10.4 Å². The highest BCUT2D eigenvalue weighted by Gasteiger charge is 2.70. The minimum absolute atomic E-state index is 0.0509. The zero-order valence-electron chi connectivity index (χ0n) is 26.0. The lowest BCUT2D eigenvalue weighted by Crippen LogP contribution is -2.70. The maximum absolute atomic E-state index is 13.8. The molecule has 2 aromatic heterocycles. The van der Waals surface area contributed by atoms with E-state index in [1.807, 2.05) is 19.1 Å². The van der Waals surface area contributed by atoms with Gasteiger partial charge in [-0.3, -0.25) is 9.78 Å². The van der Waals surface area contributed by atoms with Crippen LogP contribution in [0, 0.1) is 32.2 Å². The van der Waals surface area contributed by atoms with Crippen LogP contribution in [0.5, 0.6) is 5.75 Å². The Hall–Kier alpha value is -3.25. The van der Waals surface area contributed by atoms with Gasteiger partial charge in [-0.25, -0.2) is 9.59 Å². The number of esters is 2. The Morgan fingerprint density at radius 1 is 1.16 bits per heavy atom. The molecule has 2 fully saturated rings. The van der Waals surface area contributed by atoms with E-state index in [1.165, 1.54) is 6.92 Å². The van der Waals surface area contributed by atoms with Crippen molar-refractivity contribution in [1.29, 1.82) is 0 Å². The van der Waals surface area contributed by atoms with Gasteiger partial charge in [0.1, 0.15) is 28.8 Å². The number of hydrogen-bond donors (Lipinski definition) is 1. The van der Waals surface area contributed by atoms with Crippen LogP contribution in [-0.2, 0) is 14.3 Å². The molecule has 8 atom stereocenters. The molecule has 3 heterocycles. The maximum atomic E-state index is 13.8. The molecule has 45 heavy (non-hydrogen) atoms. The smallest absolute Gasteiger partial charge is 0.345 e. The second-order valence-electron chi connectivity index (χ2n) is 13.5. The Morgan fingerprint density at radius 3 is 2.60 bits per heavy atom. The van der Waals surface area contributed by atoms with Gasteiger partial charge in [0, 0.05) is 45.9 Å². The van der Waals surface area contributed by atoms with E-state index in [4.69, 9.17) is 18.6 Å². The summed E-state index contributed by atoms with van der Waals surface area (Å²) in [7, 11) is 0. The van der Waals surface area contributed by atoms with Crippen LogP contribution in [0.3, 0.4) is 0 Å². The van der Waals surface area contributed by atoms with Crippen molar-refractivity contribution < 1.29 is 33.3 Å². The first-order chi connectivity index (χ1) is 21.3. The minimum Gasteiger partial charge on any atom is -0.482 e. The predicted octanol–water partition coefficient (Wildman–Crippen LogP) is 6.36. The first-order valence-corrected chi connectivity index (χ1v) is 16.4. The second-order valence-corrected chi connectivity index (χ2v) is 14.7. The number of hydrogen-bond acceptors (Lipinski definition) is 9. The molecule has 1 aromatic carbocycles. The Morgan fingerprint density at radius 2 is 1.91 bits per heavy atom. The van der Waals surface area contributed by atoms with Gasteiger partial charge in [-0.2, -0.15) is 0 Å². The number of halogens is 1. The zero-order valence-corrected chi connectivity index (χ0v) is 28.2. The lowest BCUT2D eigenvalue weighted by atomic mass is 9.41. The molecule has 9 nitrogen and oxygen atoms in total. The van der Waals surface area contributed by atoms with Gasteiger partial charge in [0.15, 0.2) is 0 Å². The Bertz CT molecular complexity index is 1690. The number of ether oxygens (including phenoxy) is 3. The van der Waals surface area contributed by atoms with Crippen molar-refractivity contribution in [1.82, 2.24) is 4.98 Å². The average Bonchev–Trinajstić information content (AvgIpc) is 2.99. The fourth-order valence-corrected chi connectivity index (χ4v) is 9.12. The van der Waals surface area contributed by atoms with Gasteiger partial charge < -0.3 is 23.7 Å². The number of nitrogens with zero attached hydrogens (tertiary/aromatic N) is 1. The van der Waals surface area contributed by atoms with Gasteiger partial charge in [-0.1, -0.05) is 32.9 Å². The van der Waals surface area contributed by atoms with Gasteiger partial charge in [0.05, 0.1) is 18.3 Å². The van der Waals surface area contributed by atoms with Crippen molar-refractivity contribution in [2.45, 2.75) is 71.7 Å². The summed E-state index contributed by atoms with van der Waals surface area (Å²) in [6.45, 7) is 9.85. The highest BCUT2D eigenvalue weighted by atomic mass is 127. The number of aromatic nitrogens is 1. The number of aliphatic hydroxyl groups is 1. The van der Waals surface area contributed by atoms with Crippen molar-refractivity contribution in [2.75, 3.05) is 6.61 Å². The average molecular weight is 728 g/mol. The number of aliphatic hydroxyl groups excluding tert-OH is 1. The van der Waals surface area contributed by atoms with Gasteiger partial charge in [-0.15, -0.1) is 0 Å². The van der Waals surface area contributed by atoms with E-state index in [1.54, 1.807) is 42.7 Å². The summed E-state index contributed by atoms with van der Waals surface area (Å²) in [5.41, 5.74) is -1.91. The molecular weight excluding hydrogens is 689 g/mol. The molecule has 0 bridgehead atoms. The summed E-state index contributed by atoms with van der Waals surface area (Å²) < 4.78 is 25.3. The van der Waals surface area contributed by atoms with Crippen LogP contribution in [0.4, 0.5) is 0 Å². The van der Waals surface area contributed by atoms with Crippen LogP contribution >= 0.6 is 22.6 Å². The van der Waals surface area contributed by atoms with E-state index in [0.717, 1.165) is 16.4 Å². The van der Waals surface area contributed by atoms with Gasteiger partial charge in [-0.05, 0) is 90.3 Å². The lowest BCUT2D eigenvalue weighted by Gasteiger charge is -2.66. The first kappa shape index (κ1) is 31.7. The van der Waals surface area contributed by atoms with Crippen LogP contribution in [-0.4, -0.2) is 40.3 Å². The van der Waals surface area contributed by atoms with E-state index in [2.05, 4.69) is 48.3 Å². The lowest BCUT2D eigenvalue weighted by molar-refractivity contribution is -0.257. The molecule has 1 aliphatic heterocycles. The number of carbonyl (C=O) groups excluding carboxylic acids is 2. The molecule has 238 valence electrons. The monoisotopic (exact) mass is 727 g/mol. The Kier molecular flexibility index (Phi) is 8.12. The van der Waals surface area contributed by atoms with Crippen LogP contribution in [0.15, 0.2) is 64.1 Å². The van der Waals surface area contributed by atoms with Gasteiger partial charge in [0.2, 0.25) is 0 Å². The molecule has 3 aliphatic rings. The second kappa shape index (κ2) is 11.5. The number of carbonyl (C=O) groups is 2. The predicted molar refractivity (Wildman–Crippen MR) is 173 cm³/mol. The third-order valence-electron chi connectivity index (χ3n) is 11.0. The Balaban J connectivity index is 1.50. The molecule has 10 heteroatoms. The highest BCUT2D eigenvalue weighted by molar-refractivity contribution is 14.1. The van der Waals surface area contributed by atoms with Crippen molar-refractivity contribution in [3.63, 3.8) is 0 Å². The Labute approximate surface area is 275 Å². The highest BCUT2D eigenvalue weighted by Crippen LogP contribution is 2.68. The van der Waals surface area contributed by atoms with Crippen LogP contribution in [0.2, 0.25) is 0 Å². The molecular formula is C35H38INO8. The summed E-state index contributed by atoms with van der Waals surface area (Å²) in [5, 5.41) is 12.3. The molecule has 0 radical (unpaired) electrons. The summed E-state index contributed by atoms with van der Waals surface area (Å²) in [5.74, 6) is -1.04. The number of fused-ring (bicyclic) bond motifs is 4. The molecule has 0 spiro atoms. The fourth-order valence-electron chi connectivity index (χ4n) is 8.52. The summed E-state index contributed by atoms with van der Waals surface area (Å²) in [6.07, 6.45) is 3.11. The third-order valence-corrected chi connectivity index (χ3v) is 12.0. The van der Waals surface area contributed by atoms with Gasteiger partial charge >= 0.3 is 17.6 Å². The molecule has 3 aromatic rings. The molecule has 0 saturated heterocycles. The quantitative estimate of drug-likeness (QED) is 0.236. The summed E-state index contributed by atoms with van der Waals surface area (Å²) >= 11 is 2.11. The topological polar surface area (TPSA) is 125 Å². The minimum atomic E-state index is -1.27. The standard InChI is InChI=1S/C35H38INO8/c1-19-12-13-33(3)26(34(19,4)18-42-20(2)38)16-27(44-31(40)22-10-6-7-11-23(22)36)35(5)30(33)29(39)28-25(45-35)15-24(43-32(28)41)21-9-8-14-37-17-21/h6-11,14-15,17,19,26-27,29-30,39H,12-13,16,18H2,1-5H3/t19-,26?,27-,29-,30?,33-,34?,35+/m0/s1.